The molecule has 0 radical (unpaired) electrons. The van der Waals surface area contributed by atoms with Gasteiger partial charge in [0.25, 0.3) is 0 Å². The third-order valence-corrected chi connectivity index (χ3v) is 4.16. The summed E-state index contributed by atoms with van der Waals surface area (Å²) in [6.45, 7) is -0.0859. The van der Waals surface area contributed by atoms with E-state index in [-0.39, 0.29) is 12.5 Å². The maximum Gasteiger partial charge on any atom is 0.224 e. The summed E-state index contributed by atoms with van der Waals surface area (Å²) in [4.78, 5) is 12.1. The van der Waals surface area contributed by atoms with E-state index in [9.17, 15) is 9.90 Å². The molecule has 0 bridgehead atoms. The Bertz CT molecular complexity index is 826. The molecule has 0 fully saturated rings. The first-order chi connectivity index (χ1) is 12.3. The van der Waals surface area contributed by atoms with E-state index in [0.29, 0.717) is 18.5 Å². The first-order valence-electron chi connectivity index (χ1n) is 8.39. The maximum atomic E-state index is 12.1. The number of nitrogens with one attached hydrogen (secondary N) is 1. The number of rotatable bonds is 6. The summed E-state index contributed by atoms with van der Waals surface area (Å²) < 4.78 is 0. The molecule has 0 saturated carbocycles. The van der Waals surface area contributed by atoms with Crippen LogP contribution in [-0.2, 0) is 17.8 Å². The molecule has 25 heavy (non-hydrogen) atoms. The smallest absolute Gasteiger partial charge is 0.224 e. The van der Waals surface area contributed by atoms with Crippen LogP contribution in [0.4, 0.5) is 5.69 Å². The van der Waals surface area contributed by atoms with E-state index in [1.807, 2.05) is 30.3 Å². The van der Waals surface area contributed by atoms with Crippen LogP contribution in [0.2, 0.25) is 0 Å². The van der Waals surface area contributed by atoms with Gasteiger partial charge in [0.1, 0.15) is 0 Å². The Hall–Kier alpha value is -2.91. The minimum atomic E-state index is -0.0859. The number of aryl methyl sites for hydroxylation is 1. The van der Waals surface area contributed by atoms with Gasteiger partial charge in [-0.2, -0.15) is 0 Å². The molecular weight excluding hydrogens is 310 g/mol. The normalized spacial score (nSPS) is 10.4. The minimum Gasteiger partial charge on any atom is -0.392 e. The molecule has 3 aromatic rings. The van der Waals surface area contributed by atoms with Crippen molar-refractivity contribution in [3.8, 4) is 11.1 Å². The van der Waals surface area contributed by atoms with Crippen molar-refractivity contribution >= 4 is 11.6 Å². The highest BCUT2D eigenvalue weighted by Crippen LogP contribution is 2.20. The van der Waals surface area contributed by atoms with E-state index in [1.165, 1.54) is 11.1 Å². The number of benzene rings is 3. The monoisotopic (exact) mass is 331 g/mol. The summed E-state index contributed by atoms with van der Waals surface area (Å²) in [5.41, 5.74) is 4.89. The molecule has 3 nitrogen and oxygen atoms in total. The Morgan fingerprint density at radius 3 is 2.16 bits per heavy atom. The van der Waals surface area contributed by atoms with Gasteiger partial charge in [0.05, 0.1) is 6.61 Å². The SMILES string of the molecule is O=C(CCc1ccc(-c2ccccc2)cc1)Nc1ccccc1CO. The number of carbonyl (C=O) groups is 1. The fourth-order valence-electron chi connectivity index (χ4n) is 2.75. The fourth-order valence-corrected chi connectivity index (χ4v) is 2.75. The standard InChI is InChI=1S/C22H21NO2/c24-16-20-8-4-5-9-21(20)23-22(25)15-12-17-10-13-19(14-11-17)18-6-2-1-3-7-18/h1-11,13-14,24H,12,15-16H2,(H,23,25). The first-order valence-corrected chi connectivity index (χ1v) is 8.39. The largest absolute Gasteiger partial charge is 0.392 e. The summed E-state index contributed by atoms with van der Waals surface area (Å²) in [7, 11) is 0. The average molecular weight is 331 g/mol. The number of anilines is 1. The summed E-state index contributed by atoms with van der Waals surface area (Å²) >= 11 is 0. The minimum absolute atomic E-state index is 0.0481. The zero-order chi connectivity index (χ0) is 17.5. The lowest BCUT2D eigenvalue weighted by atomic mass is 10.0. The second-order valence-electron chi connectivity index (χ2n) is 5.93. The van der Waals surface area contributed by atoms with Crippen molar-refractivity contribution in [2.45, 2.75) is 19.4 Å². The zero-order valence-electron chi connectivity index (χ0n) is 14.0. The van der Waals surface area contributed by atoms with Gasteiger partial charge in [-0.25, -0.2) is 0 Å². The van der Waals surface area contributed by atoms with Crippen molar-refractivity contribution in [2.24, 2.45) is 0 Å². The predicted molar refractivity (Wildman–Crippen MR) is 101 cm³/mol. The Kier molecular flexibility index (Phi) is 5.60. The number of carbonyl (C=O) groups excluding carboxylic acids is 1. The zero-order valence-corrected chi connectivity index (χ0v) is 14.0. The molecule has 0 unspecified atom stereocenters. The van der Waals surface area contributed by atoms with E-state index >= 15 is 0 Å². The third-order valence-electron chi connectivity index (χ3n) is 4.16. The lowest BCUT2D eigenvalue weighted by molar-refractivity contribution is -0.116. The lowest BCUT2D eigenvalue weighted by Gasteiger charge is -2.09. The molecule has 1 amide bonds. The molecule has 3 heteroatoms. The molecule has 0 spiro atoms. The molecule has 0 aliphatic carbocycles. The van der Waals surface area contributed by atoms with Gasteiger partial charge in [0, 0.05) is 17.7 Å². The summed E-state index contributed by atoms with van der Waals surface area (Å²) in [5, 5.41) is 12.2. The van der Waals surface area contributed by atoms with Crippen LogP contribution in [0.1, 0.15) is 17.5 Å². The van der Waals surface area contributed by atoms with Crippen molar-refractivity contribution in [1.29, 1.82) is 0 Å². The fraction of sp³-hybridized carbons (Fsp3) is 0.136. The van der Waals surface area contributed by atoms with Gasteiger partial charge in [-0.15, -0.1) is 0 Å². The van der Waals surface area contributed by atoms with Gasteiger partial charge in [0.2, 0.25) is 5.91 Å². The van der Waals surface area contributed by atoms with E-state index in [1.54, 1.807) is 12.1 Å². The summed E-state index contributed by atoms with van der Waals surface area (Å²) in [6.07, 6.45) is 1.09. The number of hydrogen-bond donors (Lipinski definition) is 2. The number of para-hydroxylation sites is 1. The van der Waals surface area contributed by atoms with Crippen LogP contribution >= 0.6 is 0 Å². The predicted octanol–water partition coefficient (Wildman–Crippen LogP) is 4.42. The van der Waals surface area contributed by atoms with Crippen LogP contribution in [0.5, 0.6) is 0 Å². The molecule has 0 aliphatic rings. The Balaban J connectivity index is 1.57. The van der Waals surface area contributed by atoms with Crippen molar-refractivity contribution < 1.29 is 9.90 Å². The van der Waals surface area contributed by atoms with Gasteiger partial charge in [-0.3, -0.25) is 4.79 Å². The van der Waals surface area contributed by atoms with Crippen LogP contribution < -0.4 is 5.32 Å². The van der Waals surface area contributed by atoms with E-state index in [4.69, 9.17) is 0 Å². The molecule has 126 valence electrons. The second-order valence-corrected chi connectivity index (χ2v) is 5.93. The van der Waals surface area contributed by atoms with E-state index < -0.39 is 0 Å². The topological polar surface area (TPSA) is 49.3 Å². The summed E-state index contributed by atoms with van der Waals surface area (Å²) in [6, 6.07) is 25.8. The molecule has 0 aliphatic heterocycles. The highest BCUT2D eigenvalue weighted by molar-refractivity contribution is 5.91. The number of aliphatic hydroxyl groups excluding tert-OH is 1. The molecule has 3 aromatic carbocycles. The van der Waals surface area contributed by atoms with Crippen molar-refractivity contribution in [3.05, 3.63) is 90.0 Å². The van der Waals surface area contributed by atoms with Crippen LogP contribution in [0.15, 0.2) is 78.9 Å². The molecule has 3 rings (SSSR count). The molecule has 0 atom stereocenters. The first kappa shape index (κ1) is 16.9. The van der Waals surface area contributed by atoms with Crippen LogP contribution in [0.25, 0.3) is 11.1 Å². The number of amides is 1. The van der Waals surface area contributed by atoms with Crippen LogP contribution in [0, 0.1) is 0 Å². The van der Waals surface area contributed by atoms with Gasteiger partial charge < -0.3 is 10.4 Å². The van der Waals surface area contributed by atoms with Crippen molar-refractivity contribution in [2.75, 3.05) is 5.32 Å². The molecule has 0 aromatic heterocycles. The lowest BCUT2D eigenvalue weighted by Crippen LogP contribution is -2.13. The van der Waals surface area contributed by atoms with Crippen molar-refractivity contribution in [3.63, 3.8) is 0 Å². The highest BCUT2D eigenvalue weighted by Gasteiger charge is 2.06. The quantitative estimate of drug-likeness (QED) is 0.702. The van der Waals surface area contributed by atoms with Gasteiger partial charge in [0.15, 0.2) is 0 Å². The van der Waals surface area contributed by atoms with Crippen LogP contribution in [0.3, 0.4) is 0 Å². The van der Waals surface area contributed by atoms with Gasteiger partial charge >= 0.3 is 0 Å². The Labute approximate surface area is 148 Å². The molecule has 0 saturated heterocycles. The maximum absolute atomic E-state index is 12.1. The molecule has 0 heterocycles. The van der Waals surface area contributed by atoms with Crippen molar-refractivity contribution in [1.82, 2.24) is 0 Å². The number of aliphatic hydroxyl groups is 1. The number of hydrogen-bond acceptors (Lipinski definition) is 2. The Morgan fingerprint density at radius 1 is 0.800 bits per heavy atom. The molecule has 2 N–H and O–H groups in total. The molecular formula is C22H21NO2. The van der Waals surface area contributed by atoms with Crippen LogP contribution in [-0.4, -0.2) is 11.0 Å². The third kappa shape index (κ3) is 4.55. The van der Waals surface area contributed by atoms with E-state index in [2.05, 4.69) is 41.7 Å². The second kappa shape index (κ2) is 8.27. The Morgan fingerprint density at radius 2 is 1.44 bits per heavy atom. The summed E-state index contributed by atoms with van der Waals surface area (Å²) in [5.74, 6) is -0.0481. The van der Waals surface area contributed by atoms with E-state index in [0.717, 1.165) is 11.1 Å². The average Bonchev–Trinajstić information content (AvgIpc) is 2.68. The van der Waals surface area contributed by atoms with Gasteiger partial charge in [-0.05, 0) is 29.2 Å². The van der Waals surface area contributed by atoms with Gasteiger partial charge in [-0.1, -0.05) is 72.8 Å². The highest BCUT2D eigenvalue weighted by atomic mass is 16.3.